The molecule has 100 valence electrons. The van der Waals surface area contributed by atoms with Crippen LogP contribution in [-0.4, -0.2) is 5.11 Å². The summed E-state index contributed by atoms with van der Waals surface area (Å²) in [5.74, 6) is 0.723. The van der Waals surface area contributed by atoms with Gasteiger partial charge in [0.2, 0.25) is 0 Å². The van der Waals surface area contributed by atoms with Crippen LogP contribution in [0.1, 0.15) is 24.2 Å². The van der Waals surface area contributed by atoms with Crippen molar-refractivity contribution < 1.29 is 9.84 Å². The molecule has 2 rings (SSSR count). The highest BCUT2D eigenvalue weighted by molar-refractivity contribution is 6.33. The van der Waals surface area contributed by atoms with Crippen LogP contribution in [0.2, 0.25) is 10.0 Å². The van der Waals surface area contributed by atoms with Crippen molar-refractivity contribution in [1.29, 1.82) is 0 Å². The molecule has 2 aromatic rings. The fourth-order valence-electron chi connectivity index (χ4n) is 1.66. The highest BCUT2D eigenvalue weighted by Gasteiger charge is 2.04. The topological polar surface area (TPSA) is 29.5 Å². The molecule has 0 spiro atoms. The average Bonchev–Trinajstić information content (AvgIpc) is 2.40. The third-order valence-corrected chi connectivity index (χ3v) is 3.37. The summed E-state index contributed by atoms with van der Waals surface area (Å²) in [6.45, 7) is 2.08. The Morgan fingerprint density at radius 1 is 1.11 bits per heavy atom. The minimum atomic E-state index is -0.476. The van der Waals surface area contributed by atoms with Crippen LogP contribution in [-0.2, 0) is 6.61 Å². The molecule has 0 saturated heterocycles. The smallest absolute Gasteiger partial charge is 0.119 e. The van der Waals surface area contributed by atoms with E-state index in [4.69, 9.17) is 27.9 Å². The van der Waals surface area contributed by atoms with E-state index in [1.54, 1.807) is 25.1 Å². The van der Waals surface area contributed by atoms with Gasteiger partial charge in [0.15, 0.2) is 0 Å². The maximum Gasteiger partial charge on any atom is 0.119 e. The van der Waals surface area contributed by atoms with Crippen LogP contribution in [0.15, 0.2) is 42.5 Å². The van der Waals surface area contributed by atoms with Gasteiger partial charge in [-0.15, -0.1) is 0 Å². The van der Waals surface area contributed by atoms with Gasteiger partial charge in [0, 0.05) is 15.6 Å². The van der Waals surface area contributed by atoms with Crippen LogP contribution in [0.4, 0.5) is 0 Å². The van der Waals surface area contributed by atoms with Gasteiger partial charge in [-0.1, -0.05) is 35.3 Å². The van der Waals surface area contributed by atoms with Crippen molar-refractivity contribution in [3.8, 4) is 5.75 Å². The number of aliphatic hydroxyl groups excluding tert-OH is 1. The molecular weight excluding hydrogens is 283 g/mol. The van der Waals surface area contributed by atoms with Crippen molar-refractivity contribution in [2.24, 2.45) is 0 Å². The van der Waals surface area contributed by atoms with E-state index in [0.717, 1.165) is 16.9 Å². The Morgan fingerprint density at radius 2 is 1.79 bits per heavy atom. The Kier molecular flexibility index (Phi) is 4.70. The van der Waals surface area contributed by atoms with Crippen LogP contribution in [0.3, 0.4) is 0 Å². The zero-order chi connectivity index (χ0) is 13.8. The number of halogens is 2. The second-order valence-electron chi connectivity index (χ2n) is 4.27. The second kappa shape index (κ2) is 6.29. The van der Waals surface area contributed by atoms with Crippen molar-refractivity contribution in [1.82, 2.24) is 0 Å². The number of ether oxygens (including phenoxy) is 1. The van der Waals surface area contributed by atoms with Gasteiger partial charge in [-0.25, -0.2) is 0 Å². The first-order valence-corrected chi connectivity index (χ1v) is 6.66. The molecule has 0 amide bonds. The van der Waals surface area contributed by atoms with Gasteiger partial charge in [-0.3, -0.25) is 0 Å². The van der Waals surface area contributed by atoms with E-state index in [0.29, 0.717) is 16.7 Å². The van der Waals surface area contributed by atoms with Gasteiger partial charge in [-0.05, 0) is 42.8 Å². The van der Waals surface area contributed by atoms with E-state index >= 15 is 0 Å². The van der Waals surface area contributed by atoms with Gasteiger partial charge >= 0.3 is 0 Å². The largest absolute Gasteiger partial charge is 0.489 e. The lowest BCUT2D eigenvalue weighted by Crippen LogP contribution is -1.97. The third kappa shape index (κ3) is 3.87. The average molecular weight is 297 g/mol. The molecule has 0 fully saturated rings. The molecule has 0 bridgehead atoms. The van der Waals surface area contributed by atoms with Crippen LogP contribution < -0.4 is 4.74 Å². The monoisotopic (exact) mass is 296 g/mol. The maximum atomic E-state index is 9.42. The first kappa shape index (κ1) is 14.2. The third-order valence-electron chi connectivity index (χ3n) is 2.76. The Labute approximate surface area is 122 Å². The second-order valence-corrected chi connectivity index (χ2v) is 5.11. The van der Waals surface area contributed by atoms with E-state index < -0.39 is 6.10 Å². The molecule has 0 radical (unpaired) electrons. The standard InChI is InChI=1S/C15H14Cl2O2/c1-10(18)11-2-5-14(6-3-11)19-9-12-8-13(16)4-7-15(12)17/h2-8,10,18H,9H2,1H3/t10-/m1/s1. The quantitative estimate of drug-likeness (QED) is 0.891. The zero-order valence-corrected chi connectivity index (χ0v) is 11.9. The Balaban J connectivity index is 2.04. The van der Waals surface area contributed by atoms with Crippen molar-refractivity contribution in [2.75, 3.05) is 0 Å². The normalized spacial score (nSPS) is 12.2. The van der Waals surface area contributed by atoms with Gasteiger partial charge in [0.1, 0.15) is 12.4 Å². The molecule has 1 N–H and O–H groups in total. The predicted octanol–water partition coefficient (Wildman–Crippen LogP) is 4.63. The summed E-state index contributed by atoms with van der Waals surface area (Å²) < 4.78 is 5.64. The maximum absolute atomic E-state index is 9.42. The van der Waals surface area contributed by atoms with Crippen molar-refractivity contribution in [3.05, 3.63) is 63.6 Å². The molecule has 0 unspecified atom stereocenters. The zero-order valence-electron chi connectivity index (χ0n) is 10.4. The molecule has 0 aromatic heterocycles. The molecule has 0 heterocycles. The van der Waals surface area contributed by atoms with E-state index in [2.05, 4.69) is 0 Å². The van der Waals surface area contributed by atoms with Crippen molar-refractivity contribution in [3.63, 3.8) is 0 Å². The molecule has 1 atom stereocenters. The summed E-state index contributed by atoms with van der Waals surface area (Å²) in [7, 11) is 0. The molecule has 2 aromatic carbocycles. The fourth-order valence-corrected chi connectivity index (χ4v) is 2.02. The molecule has 0 aliphatic rings. The summed E-state index contributed by atoms with van der Waals surface area (Å²) in [6, 6.07) is 12.6. The Bertz CT molecular complexity index is 551. The minimum Gasteiger partial charge on any atom is -0.489 e. The lowest BCUT2D eigenvalue weighted by Gasteiger charge is -2.10. The van der Waals surface area contributed by atoms with Crippen molar-refractivity contribution >= 4 is 23.2 Å². The van der Waals surface area contributed by atoms with Gasteiger partial charge in [0.05, 0.1) is 6.10 Å². The number of hydrogen-bond donors (Lipinski definition) is 1. The van der Waals surface area contributed by atoms with Crippen LogP contribution in [0.5, 0.6) is 5.75 Å². The molecule has 19 heavy (non-hydrogen) atoms. The first-order valence-electron chi connectivity index (χ1n) is 5.91. The molecule has 0 aliphatic carbocycles. The predicted molar refractivity (Wildman–Crippen MR) is 77.9 cm³/mol. The van der Waals surface area contributed by atoms with E-state index in [1.807, 2.05) is 24.3 Å². The molecular formula is C15H14Cl2O2. The fraction of sp³-hybridized carbons (Fsp3) is 0.200. The van der Waals surface area contributed by atoms with Crippen molar-refractivity contribution in [2.45, 2.75) is 19.6 Å². The van der Waals surface area contributed by atoms with E-state index in [1.165, 1.54) is 0 Å². The number of hydrogen-bond acceptors (Lipinski definition) is 2. The van der Waals surface area contributed by atoms with Crippen LogP contribution in [0.25, 0.3) is 0 Å². The summed E-state index contributed by atoms with van der Waals surface area (Å²) >= 11 is 12.0. The number of benzene rings is 2. The molecule has 4 heteroatoms. The summed E-state index contributed by atoms with van der Waals surface area (Å²) in [4.78, 5) is 0. The number of rotatable bonds is 4. The van der Waals surface area contributed by atoms with Crippen LogP contribution in [0, 0.1) is 0 Å². The summed E-state index contributed by atoms with van der Waals surface area (Å²) in [6.07, 6.45) is -0.476. The van der Waals surface area contributed by atoms with Crippen LogP contribution >= 0.6 is 23.2 Å². The molecule has 2 nitrogen and oxygen atoms in total. The highest BCUT2D eigenvalue weighted by atomic mass is 35.5. The van der Waals surface area contributed by atoms with E-state index in [-0.39, 0.29) is 0 Å². The van der Waals surface area contributed by atoms with Gasteiger partial charge < -0.3 is 9.84 Å². The SMILES string of the molecule is C[C@@H](O)c1ccc(OCc2cc(Cl)ccc2Cl)cc1. The number of aliphatic hydroxyl groups is 1. The minimum absolute atomic E-state index is 0.355. The summed E-state index contributed by atoms with van der Waals surface area (Å²) in [5.41, 5.74) is 1.70. The lowest BCUT2D eigenvalue weighted by molar-refractivity contribution is 0.199. The van der Waals surface area contributed by atoms with Gasteiger partial charge in [-0.2, -0.15) is 0 Å². The lowest BCUT2D eigenvalue weighted by atomic mass is 10.1. The Morgan fingerprint density at radius 3 is 2.42 bits per heavy atom. The molecule has 0 aliphatic heterocycles. The summed E-state index contributed by atoms with van der Waals surface area (Å²) in [5, 5.41) is 10.7. The van der Waals surface area contributed by atoms with Gasteiger partial charge in [0.25, 0.3) is 0 Å². The molecule has 0 saturated carbocycles. The first-order chi connectivity index (χ1) is 9.06. The van der Waals surface area contributed by atoms with E-state index in [9.17, 15) is 5.11 Å². The highest BCUT2D eigenvalue weighted by Crippen LogP contribution is 2.23. The Hall–Kier alpha value is -1.22.